The summed E-state index contributed by atoms with van der Waals surface area (Å²) in [6.07, 6.45) is 0. The van der Waals surface area contributed by atoms with Crippen molar-refractivity contribution < 1.29 is 9.31 Å². The summed E-state index contributed by atoms with van der Waals surface area (Å²) in [6, 6.07) is 50.1. The van der Waals surface area contributed by atoms with E-state index >= 15 is 0 Å². The van der Waals surface area contributed by atoms with Gasteiger partial charge in [-0.15, -0.1) is 0 Å². The van der Waals surface area contributed by atoms with Crippen LogP contribution in [0.15, 0.2) is 146 Å². The molecule has 2 aromatic heterocycles. The van der Waals surface area contributed by atoms with Crippen molar-refractivity contribution in [2.24, 2.45) is 0 Å². The Kier molecular flexibility index (Phi) is 5.52. The Bertz CT molecular complexity index is 1910. The number of nitrogens with zero attached hydrogens (tertiary/aromatic N) is 2. The number of benzene rings is 6. The molecule has 0 amide bonds. The Labute approximate surface area is 237 Å². The van der Waals surface area contributed by atoms with Crippen LogP contribution in [-0.4, -0.2) is 16.8 Å². The summed E-state index contributed by atoms with van der Waals surface area (Å²) in [5, 5.41) is 4.98. The van der Waals surface area contributed by atoms with Crippen LogP contribution in [0, 0.1) is 0 Å². The first-order valence-corrected chi connectivity index (χ1v) is 13.7. The van der Waals surface area contributed by atoms with Gasteiger partial charge in [-0.2, -0.15) is 0 Å². The molecule has 193 valence electrons. The normalized spacial score (nSPS) is 11.4. The fraction of sp³-hybridized carbons (Fsp3) is 0. The zero-order valence-electron chi connectivity index (χ0n) is 22.1. The number of rotatable bonds is 6. The summed E-state index contributed by atoms with van der Waals surface area (Å²) < 4.78 is 16.2. The lowest BCUT2D eigenvalue weighted by Crippen LogP contribution is -2.11. The molecule has 0 fully saturated rings. The highest BCUT2D eigenvalue weighted by molar-refractivity contribution is 6.20. The molecule has 0 bridgehead atoms. The molecule has 0 saturated carbocycles. The number of aromatic nitrogens is 2. The van der Waals surface area contributed by atoms with Crippen molar-refractivity contribution >= 4 is 51.3 Å². The minimum absolute atomic E-state index is 0.705. The Morgan fingerprint density at radius 1 is 0.341 bits per heavy atom. The van der Waals surface area contributed by atoms with Gasteiger partial charge in [0, 0.05) is 32.9 Å². The molecular weight excluding hydrogens is 503 g/mol. The molecule has 5 heteroatoms. The summed E-state index contributed by atoms with van der Waals surface area (Å²) in [7, 11) is 1.38. The van der Waals surface area contributed by atoms with Crippen molar-refractivity contribution in [3.63, 3.8) is 0 Å². The van der Waals surface area contributed by atoms with Crippen LogP contribution < -0.4 is 9.31 Å². The number of hydrogen-bond donors (Lipinski definition) is 0. The fourth-order valence-electron chi connectivity index (χ4n) is 5.88. The molecule has 8 aromatic rings. The smallest absolute Gasteiger partial charge is 0.526 e. The Morgan fingerprint density at radius 2 is 0.634 bits per heavy atom. The zero-order chi connectivity index (χ0) is 27.2. The first-order valence-electron chi connectivity index (χ1n) is 13.7. The van der Waals surface area contributed by atoms with E-state index in [1.165, 1.54) is 51.3 Å². The van der Waals surface area contributed by atoms with Crippen LogP contribution in [0.4, 0.5) is 0 Å². The van der Waals surface area contributed by atoms with Gasteiger partial charge < -0.3 is 18.4 Å². The van der Waals surface area contributed by atoms with Gasteiger partial charge in [0.05, 0.1) is 22.1 Å². The van der Waals surface area contributed by atoms with Gasteiger partial charge in [0.15, 0.2) is 0 Å². The quantitative estimate of drug-likeness (QED) is 0.202. The highest BCUT2D eigenvalue weighted by Crippen LogP contribution is 2.33. The number of fused-ring (bicyclic) bond motifs is 6. The van der Waals surface area contributed by atoms with Gasteiger partial charge >= 0.3 is 7.69 Å². The molecule has 0 aliphatic heterocycles. The summed E-state index contributed by atoms with van der Waals surface area (Å²) in [6.45, 7) is 0. The van der Waals surface area contributed by atoms with E-state index in [4.69, 9.17) is 9.31 Å². The lowest BCUT2D eigenvalue weighted by Gasteiger charge is -2.11. The average molecular weight is 527 g/mol. The minimum Gasteiger partial charge on any atom is -0.526 e. The van der Waals surface area contributed by atoms with Crippen molar-refractivity contribution in [2.45, 2.75) is 0 Å². The third-order valence-electron chi connectivity index (χ3n) is 7.72. The number of para-hydroxylation sites is 4. The molecule has 2 heterocycles. The highest BCUT2D eigenvalue weighted by Gasteiger charge is 2.13. The van der Waals surface area contributed by atoms with E-state index in [0.717, 1.165) is 11.4 Å². The fourth-order valence-corrected chi connectivity index (χ4v) is 5.88. The summed E-state index contributed by atoms with van der Waals surface area (Å²) in [5.74, 6) is 1.41. The molecule has 0 atom stereocenters. The van der Waals surface area contributed by atoms with Crippen LogP contribution >= 0.6 is 0 Å². The van der Waals surface area contributed by atoms with Crippen molar-refractivity contribution in [1.82, 2.24) is 9.13 Å². The van der Waals surface area contributed by atoms with Crippen molar-refractivity contribution in [3.8, 4) is 22.9 Å². The van der Waals surface area contributed by atoms with Gasteiger partial charge in [0.25, 0.3) is 0 Å². The summed E-state index contributed by atoms with van der Waals surface area (Å²) >= 11 is 0. The van der Waals surface area contributed by atoms with E-state index in [1.807, 2.05) is 24.3 Å². The van der Waals surface area contributed by atoms with Crippen LogP contribution in [0.3, 0.4) is 0 Å². The monoisotopic (exact) mass is 527 g/mol. The van der Waals surface area contributed by atoms with E-state index in [9.17, 15) is 0 Å². The largest absolute Gasteiger partial charge is 0.658 e. The van der Waals surface area contributed by atoms with E-state index in [2.05, 4.69) is 130 Å². The van der Waals surface area contributed by atoms with Gasteiger partial charge in [0.2, 0.25) is 0 Å². The van der Waals surface area contributed by atoms with E-state index in [-0.39, 0.29) is 0 Å². The van der Waals surface area contributed by atoms with Crippen LogP contribution in [0.2, 0.25) is 0 Å². The molecule has 1 radical (unpaired) electrons. The van der Waals surface area contributed by atoms with Crippen LogP contribution in [0.5, 0.6) is 11.5 Å². The van der Waals surface area contributed by atoms with Crippen molar-refractivity contribution in [2.75, 3.05) is 0 Å². The van der Waals surface area contributed by atoms with Crippen LogP contribution in [0.1, 0.15) is 0 Å². The third kappa shape index (κ3) is 3.94. The maximum atomic E-state index is 5.81. The summed E-state index contributed by atoms with van der Waals surface area (Å²) in [4.78, 5) is 0. The van der Waals surface area contributed by atoms with E-state index < -0.39 is 0 Å². The predicted octanol–water partition coefficient (Wildman–Crippen LogP) is 8.87. The standard InChI is InChI=1S/C36H24BN2O2/c1-5-13-33-29(9-1)30-10-2-6-14-34(30)38(33)25-17-21-27(22-18-25)40-37-41-28-23-19-26(20-24-28)39-35-15-7-3-11-31(35)32-12-4-8-16-36(32)39/h1-24H. The molecule has 41 heavy (non-hydrogen) atoms. The second kappa shape index (κ2) is 9.65. The second-order valence-corrected chi connectivity index (χ2v) is 10.1. The topological polar surface area (TPSA) is 28.3 Å². The molecule has 4 nitrogen and oxygen atoms in total. The van der Waals surface area contributed by atoms with Gasteiger partial charge in [-0.1, -0.05) is 72.8 Å². The lowest BCUT2D eigenvalue weighted by molar-refractivity contribution is 0.459. The molecule has 0 N–H and O–H groups in total. The Morgan fingerprint density at radius 3 is 0.951 bits per heavy atom. The van der Waals surface area contributed by atoms with Gasteiger partial charge in [-0.25, -0.2) is 0 Å². The minimum atomic E-state index is 0.705. The van der Waals surface area contributed by atoms with Crippen LogP contribution in [-0.2, 0) is 0 Å². The zero-order valence-corrected chi connectivity index (χ0v) is 22.1. The predicted molar refractivity (Wildman–Crippen MR) is 169 cm³/mol. The summed E-state index contributed by atoms with van der Waals surface area (Å²) in [5.41, 5.74) is 6.89. The third-order valence-corrected chi connectivity index (χ3v) is 7.72. The lowest BCUT2D eigenvalue weighted by atomic mass is 10.2. The molecular formula is C36H24BN2O2. The maximum Gasteiger partial charge on any atom is 0.658 e. The molecule has 0 spiro atoms. The van der Waals surface area contributed by atoms with Crippen molar-refractivity contribution in [1.29, 1.82) is 0 Å². The first-order chi connectivity index (χ1) is 20.3. The Hall–Kier alpha value is -5.42. The molecule has 6 aromatic carbocycles. The first kappa shape index (κ1) is 23.5. The molecule has 0 aliphatic carbocycles. The maximum absolute atomic E-state index is 5.81. The SMILES string of the molecule is [B](Oc1ccc(-n2c3ccccc3c3ccccc32)cc1)Oc1ccc(-n2c3ccccc3c3ccccc32)cc1. The molecule has 0 aliphatic rings. The van der Waals surface area contributed by atoms with Gasteiger partial charge in [-0.05, 0) is 72.8 Å². The van der Waals surface area contributed by atoms with Crippen LogP contribution in [0.25, 0.3) is 55.0 Å². The highest BCUT2D eigenvalue weighted by atomic mass is 16.6. The van der Waals surface area contributed by atoms with E-state index in [0.29, 0.717) is 11.5 Å². The Balaban J connectivity index is 0.996. The van der Waals surface area contributed by atoms with Crippen molar-refractivity contribution in [3.05, 3.63) is 146 Å². The average Bonchev–Trinajstić information content (AvgIpc) is 3.55. The molecule has 0 unspecified atom stereocenters. The molecule has 0 saturated heterocycles. The van der Waals surface area contributed by atoms with Gasteiger partial charge in [0.1, 0.15) is 11.5 Å². The second-order valence-electron chi connectivity index (χ2n) is 10.1. The van der Waals surface area contributed by atoms with E-state index in [1.54, 1.807) is 0 Å². The molecule has 8 rings (SSSR count). The van der Waals surface area contributed by atoms with Gasteiger partial charge in [-0.3, -0.25) is 0 Å². The number of hydrogen-bond acceptors (Lipinski definition) is 2.